The van der Waals surface area contributed by atoms with E-state index >= 15 is 0 Å². The molecule has 0 radical (unpaired) electrons. The van der Waals surface area contributed by atoms with Gasteiger partial charge in [-0.05, 0) is 53.6 Å². The molecule has 0 aliphatic rings. The fourth-order valence-electron chi connectivity index (χ4n) is 9.74. The van der Waals surface area contributed by atoms with Gasteiger partial charge in [-0.25, -0.2) is 4.98 Å². The Morgan fingerprint density at radius 2 is 0.698 bits per heavy atom. The maximum absolute atomic E-state index is 5.42. The summed E-state index contributed by atoms with van der Waals surface area (Å²) in [5.74, 6) is 1.76. The zero-order chi connectivity index (χ0) is 41.4. The van der Waals surface area contributed by atoms with Gasteiger partial charge in [0.2, 0.25) is 5.95 Å². The highest BCUT2D eigenvalue weighted by molar-refractivity contribution is 6.27. The molecule has 13 rings (SSSR count). The van der Waals surface area contributed by atoms with Gasteiger partial charge in [0.15, 0.2) is 11.6 Å². The van der Waals surface area contributed by atoms with E-state index in [2.05, 4.69) is 208 Å². The molecule has 13 aromatic rings. The largest absolute Gasteiger partial charge is 0.309 e. The van der Waals surface area contributed by atoms with Crippen molar-refractivity contribution in [2.24, 2.45) is 0 Å². The number of fused-ring (bicyclic) bond motifs is 10. The summed E-state index contributed by atoms with van der Waals surface area (Å²) in [4.78, 5) is 16.0. The topological polar surface area (TPSA) is 53.5 Å². The van der Waals surface area contributed by atoms with Gasteiger partial charge in [-0.3, -0.25) is 4.57 Å². The van der Waals surface area contributed by atoms with Gasteiger partial charge in [0.05, 0.1) is 38.8 Å². The molecule has 0 N–H and O–H groups in total. The highest BCUT2D eigenvalue weighted by Crippen LogP contribution is 2.46. The SMILES string of the molecule is c1ccc(-c2ccc(-c3nc(-c4ccccc4)nc(-n4c5ccccc5c5cc(-n6c7ccccc7c7ccccc76)c6c7ccccc7n(-c7ccccc7)c6c54)n3)cc2)cc1. The second-order valence-electron chi connectivity index (χ2n) is 16.0. The molecule has 0 aliphatic heterocycles. The Balaban J connectivity index is 1.19. The third-order valence-corrected chi connectivity index (χ3v) is 12.5. The van der Waals surface area contributed by atoms with Crippen molar-refractivity contribution < 1.29 is 0 Å². The monoisotopic (exact) mass is 804 g/mol. The molecule has 0 saturated carbocycles. The molecular formula is C57H36N6. The highest BCUT2D eigenvalue weighted by Gasteiger charge is 2.27. The van der Waals surface area contributed by atoms with E-state index in [0.717, 1.165) is 88.3 Å². The van der Waals surface area contributed by atoms with Crippen LogP contribution >= 0.6 is 0 Å². The molecule has 0 spiro atoms. The summed E-state index contributed by atoms with van der Waals surface area (Å²) < 4.78 is 7.17. The second-order valence-corrected chi connectivity index (χ2v) is 16.0. The number of hydrogen-bond donors (Lipinski definition) is 0. The summed E-state index contributed by atoms with van der Waals surface area (Å²) in [5, 5.41) is 6.96. The standard InChI is InChI=1S/C57H36N6/c1-4-18-37(19-5-1)38-32-34-40(35-33-38)56-58-55(39-20-6-2-7-21-39)59-57(60-56)63-49-30-16-12-26-44(49)46-36-51(62-47-28-14-10-24-42(47)43-25-11-15-29-48(43)62)52-45-27-13-17-31-50(45)61(54(52)53(46)63)41-22-8-3-9-23-41/h1-36H. The van der Waals surface area contributed by atoms with Crippen LogP contribution < -0.4 is 0 Å². The molecule has 0 bridgehead atoms. The number of hydrogen-bond acceptors (Lipinski definition) is 3. The number of nitrogens with zero attached hydrogens (tertiary/aromatic N) is 6. The van der Waals surface area contributed by atoms with Gasteiger partial charge >= 0.3 is 0 Å². The van der Waals surface area contributed by atoms with Gasteiger partial charge in [-0.1, -0.05) is 176 Å². The van der Waals surface area contributed by atoms with Crippen LogP contribution in [0.25, 0.3) is 117 Å². The molecule has 6 nitrogen and oxygen atoms in total. The highest BCUT2D eigenvalue weighted by atomic mass is 15.2. The Labute approximate surface area is 362 Å². The van der Waals surface area contributed by atoms with Crippen LogP contribution in [0, 0.1) is 0 Å². The minimum atomic E-state index is 0.549. The average molecular weight is 805 g/mol. The van der Waals surface area contributed by atoms with Crippen LogP contribution in [0.1, 0.15) is 0 Å². The molecule has 4 heterocycles. The third-order valence-electron chi connectivity index (χ3n) is 12.5. The van der Waals surface area contributed by atoms with Crippen molar-refractivity contribution in [2.45, 2.75) is 0 Å². The second kappa shape index (κ2) is 14.0. The number of benzene rings is 9. The van der Waals surface area contributed by atoms with E-state index in [9.17, 15) is 0 Å². The predicted molar refractivity (Wildman–Crippen MR) is 259 cm³/mol. The molecule has 0 saturated heterocycles. The Bertz CT molecular complexity index is 3830. The summed E-state index contributed by atoms with van der Waals surface area (Å²) >= 11 is 0. The van der Waals surface area contributed by atoms with E-state index in [4.69, 9.17) is 15.0 Å². The van der Waals surface area contributed by atoms with Crippen LogP contribution in [0.5, 0.6) is 0 Å². The van der Waals surface area contributed by atoms with Gasteiger partial charge in [-0.2, -0.15) is 9.97 Å². The molecule has 9 aromatic carbocycles. The molecule has 63 heavy (non-hydrogen) atoms. The molecule has 0 unspecified atom stereocenters. The maximum atomic E-state index is 5.42. The lowest BCUT2D eigenvalue weighted by Crippen LogP contribution is -2.07. The molecule has 0 atom stereocenters. The van der Waals surface area contributed by atoms with Crippen molar-refractivity contribution in [1.29, 1.82) is 0 Å². The van der Waals surface area contributed by atoms with E-state index in [-0.39, 0.29) is 0 Å². The zero-order valence-corrected chi connectivity index (χ0v) is 34.0. The van der Waals surface area contributed by atoms with Crippen molar-refractivity contribution in [1.82, 2.24) is 28.7 Å². The lowest BCUT2D eigenvalue weighted by atomic mass is 10.0. The Hall–Kier alpha value is -8.61. The van der Waals surface area contributed by atoms with E-state index < -0.39 is 0 Å². The van der Waals surface area contributed by atoms with Crippen LogP contribution in [-0.4, -0.2) is 28.7 Å². The normalized spacial score (nSPS) is 11.8. The smallest absolute Gasteiger partial charge is 0.238 e. The number of para-hydroxylation sites is 5. The van der Waals surface area contributed by atoms with Crippen molar-refractivity contribution in [3.8, 4) is 51.2 Å². The number of aromatic nitrogens is 6. The lowest BCUT2D eigenvalue weighted by Gasteiger charge is -2.15. The van der Waals surface area contributed by atoms with Gasteiger partial charge in [0, 0.05) is 49.1 Å². The summed E-state index contributed by atoms with van der Waals surface area (Å²) in [5.41, 5.74) is 12.8. The summed E-state index contributed by atoms with van der Waals surface area (Å²) in [7, 11) is 0. The third kappa shape index (κ3) is 5.41. The summed E-state index contributed by atoms with van der Waals surface area (Å²) in [6.07, 6.45) is 0. The van der Waals surface area contributed by atoms with Crippen LogP contribution in [-0.2, 0) is 0 Å². The van der Waals surface area contributed by atoms with Crippen molar-refractivity contribution >= 4 is 65.4 Å². The Morgan fingerprint density at radius 1 is 0.286 bits per heavy atom. The zero-order valence-electron chi connectivity index (χ0n) is 34.0. The maximum Gasteiger partial charge on any atom is 0.238 e. The van der Waals surface area contributed by atoms with Crippen LogP contribution in [0.3, 0.4) is 0 Å². The molecule has 0 aliphatic carbocycles. The predicted octanol–water partition coefficient (Wildman–Crippen LogP) is 14.2. The van der Waals surface area contributed by atoms with E-state index in [0.29, 0.717) is 17.6 Å². The van der Waals surface area contributed by atoms with Crippen molar-refractivity contribution in [2.75, 3.05) is 0 Å². The molecule has 0 amide bonds. The van der Waals surface area contributed by atoms with Crippen LogP contribution in [0.4, 0.5) is 0 Å². The minimum absolute atomic E-state index is 0.549. The van der Waals surface area contributed by atoms with E-state index in [1.807, 2.05) is 24.3 Å². The van der Waals surface area contributed by atoms with Gasteiger partial charge in [0.25, 0.3) is 0 Å². The van der Waals surface area contributed by atoms with Crippen molar-refractivity contribution in [3.63, 3.8) is 0 Å². The molecular weight excluding hydrogens is 769 g/mol. The van der Waals surface area contributed by atoms with Crippen molar-refractivity contribution in [3.05, 3.63) is 218 Å². The first kappa shape index (κ1) is 35.2. The first-order chi connectivity index (χ1) is 31.3. The van der Waals surface area contributed by atoms with Gasteiger partial charge in [-0.15, -0.1) is 0 Å². The number of rotatable bonds is 6. The Kier molecular flexibility index (Phi) is 7.80. The average Bonchev–Trinajstić information content (AvgIpc) is 4.01. The van der Waals surface area contributed by atoms with Crippen LogP contribution in [0.2, 0.25) is 0 Å². The molecule has 0 fully saturated rings. The lowest BCUT2D eigenvalue weighted by molar-refractivity contribution is 0.953. The fraction of sp³-hybridized carbons (Fsp3) is 0. The summed E-state index contributed by atoms with van der Waals surface area (Å²) in [6, 6.07) is 77.3. The first-order valence-corrected chi connectivity index (χ1v) is 21.3. The quantitative estimate of drug-likeness (QED) is 0.168. The molecule has 4 aromatic heterocycles. The fourth-order valence-corrected chi connectivity index (χ4v) is 9.74. The summed E-state index contributed by atoms with van der Waals surface area (Å²) in [6.45, 7) is 0. The van der Waals surface area contributed by atoms with Crippen LogP contribution in [0.15, 0.2) is 218 Å². The van der Waals surface area contributed by atoms with Gasteiger partial charge < -0.3 is 9.13 Å². The molecule has 6 heteroatoms. The van der Waals surface area contributed by atoms with E-state index in [1.54, 1.807) is 0 Å². The van der Waals surface area contributed by atoms with E-state index in [1.165, 1.54) is 10.8 Å². The first-order valence-electron chi connectivity index (χ1n) is 21.3. The Morgan fingerprint density at radius 3 is 1.29 bits per heavy atom. The minimum Gasteiger partial charge on any atom is -0.309 e. The molecule has 294 valence electrons. The van der Waals surface area contributed by atoms with Gasteiger partial charge in [0.1, 0.15) is 0 Å².